The Labute approximate surface area is 115 Å². The van der Waals surface area contributed by atoms with E-state index in [1.807, 2.05) is 19.2 Å². The molecule has 0 radical (unpaired) electrons. The highest BCUT2D eigenvalue weighted by atomic mass is 35.5. The highest BCUT2D eigenvalue weighted by Crippen LogP contribution is 2.25. The second-order valence-electron chi connectivity index (χ2n) is 3.66. The molecule has 5 nitrogen and oxygen atoms in total. The quantitative estimate of drug-likeness (QED) is 0.882. The summed E-state index contributed by atoms with van der Waals surface area (Å²) in [5.41, 5.74) is 0. The largest absolute Gasteiger partial charge is 0.360 e. The van der Waals surface area contributed by atoms with Gasteiger partial charge in [-0.2, -0.15) is 4.98 Å². The maximum absolute atomic E-state index is 6.07. The average molecular weight is 284 g/mol. The Morgan fingerprint density at radius 1 is 1.44 bits per heavy atom. The number of anilines is 2. The highest BCUT2D eigenvalue weighted by Gasteiger charge is 2.12. The fraction of sp³-hybridized carbons (Fsp3) is 0.364. The second-order valence-corrected chi connectivity index (χ2v) is 4.99. The second kappa shape index (κ2) is 5.97. The molecule has 0 bridgehead atoms. The van der Waals surface area contributed by atoms with Crippen LogP contribution in [-0.4, -0.2) is 21.5 Å². The molecule has 0 amide bonds. The van der Waals surface area contributed by atoms with E-state index < -0.39 is 0 Å². The molecular weight excluding hydrogens is 270 g/mol. The van der Waals surface area contributed by atoms with Crippen LogP contribution < -0.4 is 10.6 Å². The summed E-state index contributed by atoms with van der Waals surface area (Å²) in [7, 11) is 0. The van der Waals surface area contributed by atoms with Crippen LogP contribution in [0.15, 0.2) is 17.8 Å². The van der Waals surface area contributed by atoms with Crippen molar-refractivity contribution in [3.8, 4) is 0 Å². The fourth-order valence-electron chi connectivity index (χ4n) is 1.43. The molecule has 2 N–H and O–H groups in total. The molecule has 0 aliphatic rings. The van der Waals surface area contributed by atoms with Crippen LogP contribution in [0, 0.1) is 0 Å². The summed E-state index contributed by atoms with van der Waals surface area (Å²) in [6.45, 7) is 4.77. The van der Waals surface area contributed by atoms with Crippen molar-refractivity contribution in [2.45, 2.75) is 19.9 Å². The maximum Gasteiger partial charge on any atom is 0.224 e. The fourth-order valence-corrected chi connectivity index (χ4v) is 2.22. The van der Waals surface area contributed by atoms with Gasteiger partial charge in [0.15, 0.2) is 5.82 Å². The van der Waals surface area contributed by atoms with Crippen LogP contribution in [0.25, 0.3) is 0 Å². The molecule has 1 unspecified atom stereocenters. The highest BCUT2D eigenvalue weighted by molar-refractivity contribution is 7.09. The number of aromatic nitrogens is 3. The molecule has 0 spiro atoms. The zero-order valence-electron chi connectivity index (χ0n) is 10.1. The molecular formula is C11H14ClN5S. The molecule has 2 aromatic rings. The first-order valence-corrected chi connectivity index (χ1v) is 6.88. The Morgan fingerprint density at radius 3 is 2.94 bits per heavy atom. The summed E-state index contributed by atoms with van der Waals surface area (Å²) in [6.07, 6.45) is 3.37. The lowest BCUT2D eigenvalue weighted by Crippen LogP contribution is -2.10. The smallest absolute Gasteiger partial charge is 0.224 e. The predicted octanol–water partition coefficient (Wildman–Crippen LogP) is 3.19. The van der Waals surface area contributed by atoms with Gasteiger partial charge in [-0.1, -0.05) is 11.6 Å². The molecule has 0 saturated heterocycles. The van der Waals surface area contributed by atoms with Crippen LogP contribution in [0.4, 0.5) is 11.8 Å². The van der Waals surface area contributed by atoms with E-state index in [4.69, 9.17) is 11.6 Å². The molecule has 0 fully saturated rings. The standard InChI is InChI=1S/C11H14ClN5S/c1-3-13-11-15-6-8(12)9(17-11)16-7(2)10-14-4-5-18-10/h4-7H,3H2,1-2H3,(H2,13,15,16,17). The zero-order valence-corrected chi connectivity index (χ0v) is 11.7. The monoisotopic (exact) mass is 283 g/mol. The first-order valence-electron chi connectivity index (χ1n) is 5.63. The van der Waals surface area contributed by atoms with Gasteiger partial charge in [-0.15, -0.1) is 11.3 Å². The zero-order chi connectivity index (χ0) is 13.0. The Bertz CT molecular complexity index is 502. The van der Waals surface area contributed by atoms with Gasteiger partial charge in [0.2, 0.25) is 5.95 Å². The van der Waals surface area contributed by atoms with Crippen LogP contribution in [0.2, 0.25) is 5.02 Å². The van der Waals surface area contributed by atoms with Crippen molar-refractivity contribution in [3.05, 3.63) is 27.8 Å². The van der Waals surface area contributed by atoms with Crippen LogP contribution in [0.3, 0.4) is 0 Å². The molecule has 2 aromatic heterocycles. The maximum atomic E-state index is 6.07. The number of thiazole rings is 1. The molecule has 0 aliphatic heterocycles. The van der Waals surface area contributed by atoms with Gasteiger partial charge in [0, 0.05) is 18.1 Å². The van der Waals surface area contributed by atoms with Crippen molar-refractivity contribution in [3.63, 3.8) is 0 Å². The van der Waals surface area contributed by atoms with Crippen molar-refractivity contribution < 1.29 is 0 Å². The first-order chi connectivity index (χ1) is 8.70. The number of rotatable bonds is 5. The predicted molar refractivity (Wildman–Crippen MR) is 75.4 cm³/mol. The number of halogens is 1. The summed E-state index contributed by atoms with van der Waals surface area (Å²) in [6, 6.07) is 0.0619. The topological polar surface area (TPSA) is 62.7 Å². The van der Waals surface area contributed by atoms with Crippen molar-refractivity contribution >= 4 is 34.7 Å². The lowest BCUT2D eigenvalue weighted by Gasteiger charge is -2.13. The normalized spacial score (nSPS) is 12.2. The van der Waals surface area contributed by atoms with Crippen LogP contribution in [-0.2, 0) is 0 Å². The summed E-state index contributed by atoms with van der Waals surface area (Å²) < 4.78 is 0. The SMILES string of the molecule is CCNc1ncc(Cl)c(NC(C)c2nccs2)n1. The van der Waals surface area contributed by atoms with E-state index in [0.29, 0.717) is 16.8 Å². The molecule has 18 heavy (non-hydrogen) atoms. The van der Waals surface area contributed by atoms with Crippen molar-refractivity contribution in [1.29, 1.82) is 0 Å². The van der Waals surface area contributed by atoms with Gasteiger partial charge in [0.25, 0.3) is 0 Å². The number of nitrogens with one attached hydrogen (secondary N) is 2. The summed E-state index contributed by atoms with van der Waals surface area (Å²) in [5.74, 6) is 1.18. The third-order valence-electron chi connectivity index (χ3n) is 2.25. The van der Waals surface area contributed by atoms with E-state index in [0.717, 1.165) is 11.6 Å². The van der Waals surface area contributed by atoms with E-state index in [9.17, 15) is 0 Å². The Morgan fingerprint density at radius 2 is 2.28 bits per heavy atom. The third-order valence-corrected chi connectivity index (χ3v) is 3.49. The van der Waals surface area contributed by atoms with Gasteiger partial charge in [0.05, 0.1) is 12.2 Å². The molecule has 0 aromatic carbocycles. The lowest BCUT2D eigenvalue weighted by molar-refractivity contribution is 0.858. The lowest BCUT2D eigenvalue weighted by atomic mass is 10.3. The van der Waals surface area contributed by atoms with Crippen molar-refractivity contribution in [2.75, 3.05) is 17.2 Å². The minimum Gasteiger partial charge on any atom is -0.360 e. The van der Waals surface area contributed by atoms with Gasteiger partial charge >= 0.3 is 0 Å². The van der Waals surface area contributed by atoms with E-state index in [2.05, 4.69) is 25.6 Å². The molecule has 2 rings (SSSR count). The van der Waals surface area contributed by atoms with Crippen LogP contribution >= 0.6 is 22.9 Å². The minimum atomic E-state index is 0.0619. The Hall–Kier alpha value is -1.40. The summed E-state index contributed by atoms with van der Waals surface area (Å²) in [5, 5.41) is 9.72. The minimum absolute atomic E-state index is 0.0619. The van der Waals surface area contributed by atoms with Gasteiger partial charge in [-0.25, -0.2) is 9.97 Å². The van der Waals surface area contributed by atoms with Crippen LogP contribution in [0.5, 0.6) is 0 Å². The number of nitrogens with zero attached hydrogens (tertiary/aromatic N) is 3. The Kier molecular flexibility index (Phi) is 4.33. The van der Waals surface area contributed by atoms with Gasteiger partial charge < -0.3 is 10.6 Å². The number of hydrogen-bond acceptors (Lipinski definition) is 6. The van der Waals surface area contributed by atoms with Gasteiger partial charge in [-0.05, 0) is 13.8 Å². The first kappa shape index (κ1) is 13.0. The van der Waals surface area contributed by atoms with Crippen molar-refractivity contribution in [2.24, 2.45) is 0 Å². The van der Waals surface area contributed by atoms with E-state index >= 15 is 0 Å². The molecule has 1 atom stereocenters. The van der Waals surface area contributed by atoms with Gasteiger partial charge in [-0.3, -0.25) is 0 Å². The molecule has 0 aliphatic carbocycles. The average Bonchev–Trinajstić information content (AvgIpc) is 2.87. The van der Waals surface area contributed by atoms with Gasteiger partial charge in [0.1, 0.15) is 10.0 Å². The molecule has 7 heteroatoms. The third kappa shape index (κ3) is 3.08. The van der Waals surface area contributed by atoms with Crippen LogP contribution in [0.1, 0.15) is 24.9 Å². The number of hydrogen-bond donors (Lipinski definition) is 2. The Balaban J connectivity index is 2.15. The van der Waals surface area contributed by atoms with E-state index in [1.165, 1.54) is 0 Å². The molecule has 96 valence electrons. The summed E-state index contributed by atoms with van der Waals surface area (Å²) >= 11 is 7.66. The molecule has 2 heterocycles. The van der Waals surface area contributed by atoms with Crippen molar-refractivity contribution in [1.82, 2.24) is 15.0 Å². The van der Waals surface area contributed by atoms with E-state index in [-0.39, 0.29) is 6.04 Å². The molecule has 0 saturated carbocycles. The van der Waals surface area contributed by atoms with E-state index in [1.54, 1.807) is 23.7 Å². The summed E-state index contributed by atoms with van der Waals surface area (Å²) in [4.78, 5) is 12.7.